The number of anilines is 2. The Labute approximate surface area is 179 Å². The zero-order valence-corrected chi connectivity index (χ0v) is 17.3. The Balaban J connectivity index is 1.61. The molecule has 0 saturated carbocycles. The van der Waals surface area contributed by atoms with Gasteiger partial charge in [-0.05, 0) is 55.3 Å². The molecule has 0 amide bonds. The molecule has 0 saturated heterocycles. The summed E-state index contributed by atoms with van der Waals surface area (Å²) in [6.45, 7) is 7.91. The third kappa shape index (κ3) is 3.51. The van der Waals surface area contributed by atoms with Gasteiger partial charge in [0.05, 0.1) is 6.54 Å². The maximum absolute atomic E-state index is 13.0. The summed E-state index contributed by atoms with van der Waals surface area (Å²) in [4.78, 5) is 26.7. The molecule has 31 heavy (non-hydrogen) atoms. The monoisotopic (exact) mass is 413 g/mol. The Morgan fingerprint density at radius 1 is 1.23 bits per heavy atom. The van der Waals surface area contributed by atoms with Crippen molar-refractivity contribution in [2.75, 3.05) is 11.9 Å². The van der Waals surface area contributed by atoms with E-state index in [0.29, 0.717) is 29.3 Å². The summed E-state index contributed by atoms with van der Waals surface area (Å²) in [6.07, 6.45) is 4.25. The first-order chi connectivity index (χ1) is 15.1. The zero-order chi connectivity index (χ0) is 21.4. The molecule has 8 nitrogen and oxygen atoms in total. The van der Waals surface area contributed by atoms with Crippen LogP contribution in [0, 0.1) is 6.92 Å². The van der Waals surface area contributed by atoms with Gasteiger partial charge in [0, 0.05) is 24.1 Å². The van der Waals surface area contributed by atoms with Gasteiger partial charge in [-0.2, -0.15) is 4.98 Å². The van der Waals surface area contributed by atoms with Crippen LogP contribution in [-0.2, 0) is 19.5 Å². The number of fused-ring (bicyclic) bond motifs is 2. The summed E-state index contributed by atoms with van der Waals surface area (Å²) in [7, 11) is 0. The van der Waals surface area contributed by atoms with Crippen LogP contribution in [-0.4, -0.2) is 30.9 Å². The number of allylic oxidation sites excluding steroid dienone is 1. The minimum absolute atomic E-state index is 0.175. The van der Waals surface area contributed by atoms with Crippen molar-refractivity contribution in [2.45, 2.75) is 26.4 Å². The fourth-order valence-corrected chi connectivity index (χ4v) is 3.94. The quantitative estimate of drug-likeness (QED) is 0.489. The lowest BCUT2D eigenvalue weighted by atomic mass is 10.0. The van der Waals surface area contributed by atoms with Gasteiger partial charge in [0.2, 0.25) is 5.95 Å². The third-order valence-corrected chi connectivity index (χ3v) is 5.42. The van der Waals surface area contributed by atoms with Crippen molar-refractivity contribution < 1.29 is 0 Å². The van der Waals surface area contributed by atoms with Crippen molar-refractivity contribution in [1.82, 2.24) is 29.6 Å². The van der Waals surface area contributed by atoms with Crippen LogP contribution in [0.25, 0.3) is 16.9 Å². The van der Waals surface area contributed by atoms with Crippen LogP contribution in [0.4, 0.5) is 11.6 Å². The Kier molecular flexibility index (Phi) is 4.83. The lowest BCUT2D eigenvalue weighted by molar-refractivity contribution is 0.596. The van der Waals surface area contributed by atoms with Crippen molar-refractivity contribution in [1.29, 1.82) is 0 Å². The van der Waals surface area contributed by atoms with E-state index in [1.54, 1.807) is 21.6 Å². The minimum atomic E-state index is -0.175. The first-order valence-corrected chi connectivity index (χ1v) is 10.3. The highest BCUT2D eigenvalue weighted by Gasteiger charge is 2.18. The highest BCUT2D eigenvalue weighted by Crippen LogP contribution is 2.22. The molecule has 2 N–H and O–H groups in total. The number of hydrogen-bond donors (Lipinski definition) is 2. The highest BCUT2D eigenvalue weighted by molar-refractivity contribution is 5.77. The number of hydrogen-bond acceptors (Lipinski definition) is 6. The van der Waals surface area contributed by atoms with Crippen molar-refractivity contribution >= 4 is 22.7 Å². The molecule has 0 atom stereocenters. The molecular formula is C23H23N7O. The molecule has 0 spiro atoms. The van der Waals surface area contributed by atoms with E-state index in [-0.39, 0.29) is 5.56 Å². The van der Waals surface area contributed by atoms with Gasteiger partial charge in [0.15, 0.2) is 11.5 Å². The van der Waals surface area contributed by atoms with Crippen LogP contribution in [0.5, 0.6) is 0 Å². The van der Waals surface area contributed by atoms with E-state index >= 15 is 0 Å². The summed E-state index contributed by atoms with van der Waals surface area (Å²) in [5.41, 5.74) is 4.74. The van der Waals surface area contributed by atoms with E-state index in [1.807, 2.05) is 31.2 Å². The molecule has 0 fully saturated rings. The van der Waals surface area contributed by atoms with Gasteiger partial charge in [0.1, 0.15) is 5.39 Å². The molecule has 1 aliphatic rings. The second-order valence-electron chi connectivity index (χ2n) is 7.59. The molecule has 0 unspecified atom stereocenters. The van der Waals surface area contributed by atoms with Crippen LogP contribution in [0.3, 0.4) is 0 Å². The lowest BCUT2D eigenvalue weighted by Crippen LogP contribution is -2.23. The summed E-state index contributed by atoms with van der Waals surface area (Å²) in [5.74, 6) is 1.05. The van der Waals surface area contributed by atoms with Crippen LogP contribution < -0.4 is 16.2 Å². The average molecular weight is 413 g/mol. The van der Waals surface area contributed by atoms with E-state index in [4.69, 9.17) is 0 Å². The van der Waals surface area contributed by atoms with Crippen molar-refractivity contribution in [3.05, 3.63) is 82.4 Å². The average Bonchev–Trinajstić information content (AvgIpc) is 3.05. The topological polar surface area (TPSA) is 89.7 Å². The lowest BCUT2D eigenvalue weighted by Gasteiger charge is -2.18. The minimum Gasteiger partial charge on any atom is -0.324 e. The maximum Gasteiger partial charge on any atom is 0.278 e. The molecule has 1 aromatic carbocycles. The second-order valence-corrected chi connectivity index (χ2v) is 7.59. The maximum atomic E-state index is 13.0. The smallest absolute Gasteiger partial charge is 0.278 e. The Hall–Kier alpha value is -3.78. The summed E-state index contributed by atoms with van der Waals surface area (Å²) in [6, 6.07) is 12.0. The van der Waals surface area contributed by atoms with Gasteiger partial charge >= 0.3 is 0 Å². The number of pyridine rings is 1. The van der Waals surface area contributed by atoms with E-state index in [0.717, 1.165) is 30.9 Å². The number of nitrogens with zero attached hydrogens (tertiary/aromatic N) is 5. The number of benzene rings is 1. The number of rotatable bonds is 5. The zero-order valence-electron chi connectivity index (χ0n) is 17.3. The van der Waals surface area contributed by atoms with E-state index in [9.17, 15) is 4.79 Å². The molecule has 5 rings (SSSR count). The summed E-state index contributed by atoms with van der Waals surface area (Å²) in [5, 5.41) is 7.11. The fraction of sp³-hybridized carbons (Fsp3) is 0.217. The third-order valence-electron chi connectivity index (χ3n) is 5.42. The van der Waals surface area contributed by atoms with Crippen LogP contribution in [0.15, 0.2) is 60.0 Å². The van der Waals surface area contributed by atoms with Crippen molar-refractivity contribution in [3.8, 4) is 5.82 Å². The predicted molar refractivity (Wildman–Crippen MR) is 121 cm³/mol. The number of aromatic nitrogens is 5. The molecule has 4 aromatic rings. The molecule has 4 heterocycles. The van der Waals surface area contributed by atoms with Crippen LogP contribution in [0.2, 0.25) is 0 Å². The Morgan fingerprint density at radius 2 is 2.13 bits per heavy atom. The normalized spacial score (nSPS) is 13.2. The van der Waals surface area contributed by atoms with Crippen molar-refractivity contribution in [3.63, 3.8) is 0 Å². The predicted octanol–water partition coefficient (Wildman–Crippen LogP) is 2.86. The van der Waals surface area contributed by atoms with Gasteiger partial charge in [0.25, 0.3) is 5.56 Å². The van der Waals surface area contributed by atoms with E-state index < -0.39 is 0 Å². The molecule has 0 radical (unpaired) electrons. The fourth-order valence-electron chi connectivity index (χ4n) is 3.94. The van der Waals surface area contributed by atoms with Gasteiger partial charge < -0.3 is 10.6 Å². The summed E-state index contributed by atoms with van der Waals surface area (Å²) >= 11 is 0. The molecule has 3 aromatic heterocycles. The van der Waals surface area contributed by atoms with Crippen LogP contribution >= 0.6 is 0 Å². The first-order valence-electron chi connectivity index (χ1n) is 10.3. The largest absolute Gasteiger partial charge is 0.324 e. The Bertz CT molecular complexity index is 1350. The number of nitrogens with one attached hydrogen (secondary N) is 2. The second kappa shape index (κ2) is 7.81. The van der Waals surface area contributed by atoms with Gasteiger partial charge in [-0.15, -0.1) is 6.58 Å². The van der Waals surface area contributed by atoms with Gasteiger partial charge in [-0.3, -0.25) is 4.79 Å². The molecule has 156 valence electrons. The van der Waals surface area contributed by atoms with Crippen LogP contribution in [0.1, 0.15) is 16.8 Å². The highest BCUT2D eigenvalue weighted by atomic mass is 16.1. The SMILES string of the molecule is C=CCn1c(=O)c2cnc(Nc3ccc4c(c3)CCNC4)nc2n1-c1cccc(C)n1. The molecule has 8 heteroatoms. The molecule has 0 bridgehead atoms. The van der Waals surface area contributed by atoms with E-state index in [2.05, 4.69) is 44.3 Å². The Morgan fingerprint density at radius 3 is 2.97 bits per heavy atom. The van der Waals surface area contributed by atoms with Gasteiger partial charge in [-0.1, -0.05) is 18.2 Å². The first kappa shape index (κ1) is 19.2. The molecular weight excluding hydrogens is 390 g/mol. The molecule has 0 aliphatic carbocycles. The summed E-state index contributed by atoms with van der Waals surface area (Å²) < 4.78 is 3.31. The van der Waals surface area contributed by atoms with Gasteiger partial charge in [-0.25, -0.2) is 19.3 Å². The standard InChI is InChI=1S/C23H23N7O/c1-3-11-29-22(31)19-14-25-23(27-18-8-7-17-13-24-10-9-16(17)12-18)28-21(19)30(29)20-6-4-5-15(2)26-20/h3-8,12,14,24H,1,9-11,13H2,2H3,(H,25,27,28). The molecule has 1 aliphatic heterocycles. The van der Waals surface area contributed by atoms with Crippen molar-refractivity contribution in [2.24, 2.45) is 0 Å². The van der Waals surface area contributed by atoms with E-state index in [1.165, 1.54) is 11.1 Å². The number of aryl methyl sites for hydroxylation is 1.